The van der Waals surface area contributed by atoms with Crippen molar-refractivity contribution in [3.05, 3.63) is 53.3 Å². The highest BCUT2D eigenvalue weighted by Gasteiger charge is 2.25. The average molecular weight is 552 g/mol. The summed E-state index contributed by atoms with van der Waals surface area (Å²) in [7, 11) is 1.91. The summed E-state index contributed by atoms with van der Waals surface area (Å²) in [6, 6.07) is 8.29. The van der Waals surface area contributed by atoms with Crippen LogP contribution in [-0.4, -0.2) is 64.2 Å². The van der Waals surface area contributed by atoms with Crippen molar-refractivity contribution < 1.29 is 9.53 Å². The molecular weight excluding hydrogens is 519 g/mol. The predicted molar refractivity (Wildman–Crippen MR) is 135 cm³/mol. The first-order chi connectivity index (χ1) is 15.1. The summed E-state index contributed by atoms with van der Waals surface area (Å²) in [5.74, 6) is 1.10. The van der Waals surface area contributed by atoms with Crippen LogP contribution < -0.4 is 5.32 Å². The van der Waals surface area contributed by atoms with Gasteiger partial charge in [0, 0.05) is 58.0 Å². The Hall–Kier alpha value is -2.14. The Balaban J connectivity index is 0.00000289. The van der Waals surface area contributed by atoms with Crippen LogP contribution in [0.2, 0.25) is 0 Å². The molecule has 1 unspecified atom stereocenters. The lowest BCUT2D eigenvalue weighted by atomic mass is 10.1. The maximum absolute atomic E-state index is 12.6. The molecule has 1 N–H and O–H groups in total. The number of aliphatic imine (C=N–C) groups is 1. The van der Waals surface area contributed by atoms with Gasteiger partial charge in [0.1, 0.15) is 6.10 Å². The fourth-order valence-electron chi connectivity index (χ4n) is 4.16. The fourth-order valence-corrected chi connectivity index (χ4v) is 4.16. The number of carbonyl (C=O) groups is 1. The molecule has 0 saturated carbocycles. The van der Waals surface area contributed by atoms with Gasteiger partial charge in [0.05, 0.1) is 19.3 Å². The Morgan fingerprint density at radius 2 is 2.00 bits per heavy atom. The summed E-state index contributed by atoms with van der Waals surface area (Å²) in [5, 5.41) is 7.65. The highest BCUT2D eigenvalue weighted by Crippen LogP contribution is 2.23. The number of morpholine rings is 1. The van der Waals surface area contributed by atoms with Gasteiger partial charge in [-0.05, 0) is 24.5 Å². The van der Waals surface area contributed by atoms with Crippen molar-refractivity contribution in [1.82, 2.24) is 24.9 Å². The molecule has 174 valence electrons. The van der Waals surface area contributed by atoms with E-state index >= 15 is 0 Å². The number of rotatable bonds is 6. The molecule has 2 aromatic rings. The first-order valence-electron chi connectivity index (χ1n) is 11.1. The van der Waals surface area contributed by atoms with E-state index in [1.807, 2.05) is 36.5 Å². The molecule has 2 aliphatic heterocycles. The Bertz CT molecular complexity index is 906. The number of hydrogen-bond donors (Lipinski definition) is 1. The SMILES string of the molecule is CCNC(=NCCCC(=O)N1Cc2ccccc2C1)N1CCOC(c2cnn(C)c2)C1.I. The minimum atomic E-state index is -0.00955. The van der Waals surface area contributed by atoms with E-state index in [0.717, 1.165) is 50.7 Å². The van der Waals surface area contributed by atoms with Gasteiger partial charge in [-0.2, -0.15) is 5.10 Å². The van der Waals surface area contributed by atoms with Crippen molar-refractivity contribution >= 4 is 35.8 Å². The smallest absolute Gasteiger partial charge is 0.223 e. The lowest BCUT2D eigenvalue weighted by Crippen LogP contribution is -2.48. The molecule has 0 aliphatic carbocycles. The number of nitrogens with one attached hydrogen (secondary N) is 1. The number of hydrogen-bond acceptors (Lipinski definition) is 4. The second-order valence-corrected chi connectivity index (χ2v) is 8.11. The zero-order chi connectivity index (χ0) is 21.6. The molecule has 1 amide bonds. The van der Waals surface area contributed by atoms with Crippen LogP contribution in [0.1, 0.15) is 42.6 Å². The summed E-state index contributed by atoms with van der Waals surface area (Å²) in [4.78, 5) is 21.6. The van der Waals surface area contributed by atoms with Crippen LogP contribution in [0.4, 0.5) is 0 Å². The number of halogens is 1. The quantitative estimate of drug-likeness (QED) is 0.258. The number of fused-ring (bicyclic) bond motifs is 1. The largest absolute Gasteiger partial charge is 0.370 e. The molecule has 9 heteroatoms. The van der Waals surface area contributed by atoms with Crippen LogP contribution in [0, 0.1) is 0 Å². The van der Waals surface area contributed by atoms with E-state index in [-0.39, 0.29) is 36.0 Å². The lowest BCUT2D eigenvalue weighted by Gasteiger charge is -2.34. The molecule has 2 aliphatic rings. The second kappa shape index (κ2) is 11.6. The van der Waals surface area contributed by atoms with Gasteiger partial charge in [0.25, 0.3) is 0 Å². The zero-order valence-corrected chi connectivity index (χ0v) is 21.2. The van der Waals surface area contributed by atoms with E-state index in [0.29, 0.717) is 19.6 Å². The first kappa shape index (κ1) is 24.5. The molecule has 8 nitrogen and oxygen atoms in total. The van der Waals surface area contributed by atoms with Gasteiger partial charge in [-0.15, -0.1) is 24.0 Å². The van der Waals surface area contributed by atoms with Crippen molar-refractivity contribution in [2.24, 2.45) is 12.0 Å². The number of carbonyl (C=O) groups excluding carboxylic acids is 1. The van der Waals surface area contributed by atoms with Gasteiger partial charge < -0.3 is 19.9 Å². The monoisotopic (exact) mass is 552 g/mol. The van der Waals surface area contributed by atoms with Gasteiger partial charge in [0.2, 0.25) is 5.91 Å². The standard InChI is InChI=1S/C23H32N6O2.HI/c1-3-24-23(28-11-12-31-21(17-28)20-13-26-27(2)14-20)25-10-6-9-22(30)29-15-18-7-4-5-8-19(18)16-29;/h4-5,7-8,13-14,21H,3,6,9-12,15-17H2,1-2H3,(H,24,25);1H. The highest BCUT2D eigenvalue weighted by atomic mass is 127. The predicted octanol–water partition coefficient (Wildman–Crippen LogP) is 2.70. The molecule has 1 aromatic heterocycles. The third-order valence-electron chi connectivity index (χ3n) is 5.80. The number of aromatic nitrogens is 2. The van der Waals surface area contributed by atoms with Crippen molar-refractivity contribution in [2.75, 3.05) is 32.8 Å². The van der Waals surface area contributed by atoms with Gasteiger partial charge in [-0.3, -0.25) is 14.5 Å². The van der Waals surface area contributed by atoms with Crippen LogP contribution in [-0.2, 0) is 29.7 Å². The number of amides is 1. The minimum Gasteiger partial charge on any atom is -0.370 e. The maximum Gasteiger partial charge on any atom is 0.223 e. The van der Waals surface area contributed by atoms with Crippen LogP contribution in [0.5, 0.6) is 0 Å². The molecule has 3 heterocycles. The van der Waals surface area contributed by atoms with E-state index in [1.54, 1.807) is 4.68 Å². The Morgan fingerprint density at radius 1 is 1.25 bits per heavy atom. The molecule has 0 bridgehead atoms. The van der Waals surface area contributed by atoms with Crippen LogP contribution >= 0.6 is 24.0 Å². The van der Waals surface area contributed by atoms with Crippen molar-refractivity contribution in [1.29, 1.82) is 0 Å². The second-order valence-electron chi connectivity index (χ2n) is 8.11. The molecular formula is C23H33IN6O2. The van der Waals surface area contributed by atoms with Crippen molar-refractivity contribution in [3.8, 4) is 0 Å². The Labute approximate surface area is 207 Å². The number of ether oxygens (including phenoxy) is 1. The molecule has 0 radical (unpaired) electrons. The van der Waals surface area contributed by atoms with Gasteiger partial charge in [-0.25, -0.2) is 0 Å². The molecule has 1 atom stereocenters. The van der Waals surface area contributed by atoms with E-state index in [2.05, 4.69) is 34.4 Å². The van der Waals surface area contributed by atoms with E-state index < -0.39 is 0 Å². The summed E-state index contributed by atoms with van der Waals surface area (Å²) >= 11 is 0. The normalized spacial score (nSPS) is 18.3. The molecule has 4 rings (SSSR count). The van der Waals surface area contributed by atoms with E-state index in [1.165, 1.54) is 11.1 Å². The van der Waals surface area contributed by atoms with Gasteiger partial charge in [-0.1, -0.05) is 24.3 Å². The third kappa shape index (κ3) is 6.00. The third-order valence-corrected chi connectivity index (χ3v) is 5.80. The number of nitrogens with zero attached hydrogens (tertiary/aromatic N) is 5. The van der Waals surface area contributed by atoms with Gasteiger partial charge in [0.15, 0.2) is 5.96 Å². The molecule has 1 aromatic carbocycles. The van der Waals surface area contributed by atoms with E-state index in [4.69, 9.17) is 9.73 Å². The maximum atomic E-state index is 12.6. The van der Waals surface area contributed by atoms with Crippen LogP contribution in [0.25, 0.3) is 0 Å². The van der Waals surface area contributed by atoms with E-state index in [9.17, 15) is 4.79 Å². The summed E-state index contributed by atoms with van der Waals surface area (Å²) in [6.45, 7) is 7.15. The number of aryl methyl sites for hydroxylation is 1. The summed E-state index contributed by atoms with van der Waals surface area (Å²) in [6.07, 6.45) is 5.13. The Morgan fingerprint density at radius 3 is 2.66 bits per heavy atom. The molecule has 32 heavy (non-hydrogen) atoms. The fraction of sp³-hybridized carbons (Fsp3) is 0.522. The Kier molecular flexibility index (Phi) is 8.92. The number of guanidine groups is 1. The highest BCUT2D eigenvalue weighted by molar-refractivity contribution is 14.0. The zero-order valence-electron chi connectivity index (χ0n) is 18.9. The van der Waals surface area contributed by atoms with Crippen molar-refractivity contribution in [3.63, 3.8) is 0 Å². The summed E-state index contributed by atoms with van der Waals surface area (Å²) in [5.41, 5.74) is 3.61. The van der Waals surface area contributed by atoms with Crippen LogP contribution in [0.15, 0.2) is 41.7 Å². The minimum absolute atomic E-state index is 0. The topological polar surface area (TPSA) is 75.0 Å². The average Bonchev–Trinajstić information content (AvgIpc) is 3.42. The first-order valence-corrected chi connectivity index (χ1v) is 11.1. The number of benzene rings is 1. The molecule has 1 fully saturated rings. The molecule has 1 saturated heterocycles. The van der Waals surface area contributed by atoms with Crippen molar-refractivity contribution in [2.45, 2.75) is 39.0 Å². The molecule has 0 spiro atoms. The summed E-state index contributed by atoms with van der Waals surface area (Å²) < 4.78 is 7.75. The lowest BCUT2D eigenvalue weighted by molar-refractivity contribution is -0.131. The van der Waals surface area contributed by atoms with Gasteiger partial charge >= 0.3 is 0 Å². The van der Waals surface area contributed by atoms with Crippen LogP contribution in [0.3, 0.4) is 0 Å².